The zero-order valence-electron chi connectivity index (χ0n) is 19.3. The second-order valence-corrected chi connectivity index (χ2v) is 8.73. The van der Waals surface area contributed by atoms with Crippen molar-refractivity contribution in [3.63, 3.8) is 0 Å². The van der Waals surface area contributed by atoms with Gasteiger partial charge in [-0.1, -0.05) is 91.0 Å². The van der Waals surface area contributed by atoms with Gasteiger partial charge < -0.3 is 0 Å². The van der Waals surface area contributed by atoms with Crippen molar-refractivity contribution >= 4 is 32.6 Å². The molecule has 0 saturated carbocycles. The molecule has 0 saturated heterocycles. The van der Waals surface area contributed by atoms with Crippen LogP contribution in [-0.4, -0.2) is 20.2 Å². The van der Waals surface area contributed by atoms with E-state index in [1.807, 2.05) is 54.6 Å². The summed E-state index contributed by atoms with van der Waals surface area (Å²) >= 11 is 0. The minimum Gasteiger partial charge on any atom is -0.244 e. The van der Waals surface area contributed by atoms with Gasteiger partial charge in [-0.15, -0.1) is 0 Å². The molecule has 4 heteroatoms. The molecular formula is C32H20N4. The lowest BCUT2D eigenvalue weighted by Crippen LogP contribution is -1.98. The molecule has 2 heterocycles. The maximum atomic E-state index is 5.23. The molecule has 2 aromatic heterocycles. The first-order chi connectivity index (χ1) is 17.9. The summed E-state index contributed by atoms with van der Waals surface area (Å²) in [6, 6.07) is 39.3. The van der Waals surface area contributed by atoms with Gasteiger partial charge >= 0.3 is 0 Å². The Hall–Kier alpha value is -4.96. The molecule has 0 aliphatic rings. The highest BCUT2D eigenvalue weighted by Crippen LogP contribution is 2.44. The first-order valence-electron chi connectivity index (χ1n) is 11.9. The molecule has 0 fully saturated rings. The van der Waals surface area contributed by atoms with E-state index in [-0.39, 0.29) is 0 Å². The molecule has 5 aromatic carbocycles. The van der Waals surface area contributed by atoms with E-state index in [1.54, 1.807) is 6.20 Å². The van der Waals surface area contributed by atoms with Crippen LogP contribution in [0.3, 0.4) is 0 Å². The fourth-order valence-electron chi connectivity index (χ4n) is 5.07. The van der Waals surface area contributed by atoms with Crippen LogP contribution in [0.25, 0.3) is 66.4 Å². The second-order valence-electron chi connectivity index (χ2n) is 8.73. The Labute approximate surface area is 207 Å². The number of fused-ring (bicyclic) bond motifs is 3. The van der Waals surface area contributed by atoms with Crippen molar-refractivity contribution < 1.29 is 0 Å². The van der Waals surface area contributed by atoms with Crippen molar-refractivity contribution in [2.24, 2.45) is 0 Å². The van der Waals surface area contributed by atoms with Gasteiger partial charge in [-0.25, -0.2) is 9.97 Å². The number of para-hydroxylation sites is 2. The summed E-state index contributed by atoms with van der Waals surface area (Å²) in [5.74, 6) is 0. The summed E-state index contributed by atoms with van der Waals surface area (Å²) in [6.07, 6.45) is 1.71. The molecular weight excluding hydrogens is 440 g/mol. The molecule has 0 N–H and O–H groups in total. The van der Waals surface area contributed by atoms with Crippen LogP contribution in [0.1, 0.15) is 0 Å². The van der Waals surface area contributed by atoms with Crippen molar-refractivity contribution in [1.82, 2.24) is 20.2 Å². The smallest absolute Gasteiger partial charge is 0.0985 e. The average molecular weight is 461 g/mol. The summed E-state index contributed by atoms with van der Waals surface area (Å²) in [5.41, 5.74) is 7.54. The minimum atomic E-state index is 0.851. The Morgan fingerprint density at radius 3 is 1.53 bits per heavy atom. The fourth-order valence-corrected chi connectivity index (χ4v) is 5.07. The van der Waals surface area contributed by atoms with E-state index in [9.17, 15) is 0 Å². The SMILES string of the molecule is c1ccc(-c2nc3ccccc3nc2-c2c3ccccc3c(-c3cccnn3)c3ccccc23)cc1. The Morgan fingerprint density at radius 1 is 0.417 bits per heavy atom. The Bertz CT molecular complexity index is 1820. The average Bonchev–Trinajstić information content (AvgIpc) is 2.96. The zero-order chi connectivity index (χ0) is 23.9. The van der Waals surface area contributed by atoms with Crippen LogP contribution in [0.2, 0.25) is 0 Å². The molecule has 0 unspecified atom stereocenters. The molecule has 7 aromatic rings. The number of hydrogen-bond acceptors (Lipinski definition) is 4. The third-order valence-corrected chi connectivity index (χ3v) is 6.61. The second kappa shape index (κ2) is 8.36. The number of benzene rings is 5. The Kier molecular flexibility index (Phi) is 4.74. The maximum Gasteiger partial charge on any atom is 0.0985 e. The van der Waals surface area contributed by atoms with E-state index >= 15 is 0 Å². The van der Waals surface area contributed by atoms with E-state index in [0.717, 1.165) is 66.4 Å². The first-order valence-corrected chi connectivity index (χ1v) is 11.9. The van der Waals surface area contributed by atoms with Crippen LogP contribution in [-0.2, 0) is 0 Å². The third-order valence-electron chi connectivity index (χ3n) is 6.61. The molecule has 0 amide bonds. The van der Waals surface area contributed by atoms with Gasteiger partial charge in [-0.05, 0) is 45.8 Å². The fraction of sp³-hybridized carbons (Fsp3) is 0. The van der Waals surface area contributed by atoms with Crippen LogP contribution in [0, 0.1) is 0 Å². The highest BCUT2D eigenvalue weighted by molar-refractivity contribution is 6.21. The molecule has 168 valence electrons. The van der Waals surface area contributed by atoms with E-state index < -0.39 is 0 Å². The molecule has 36 heavy (non-hydrogen) atoms. The third kappa shape index (κ3) is 3.23. The summed E-state index contributed by atoms with van der Waals surface area (Å²) in [6.45, 7) is 0. The van der Waals surface area contributed by atoms with Gasteiger partial charge in [0.2, 0.25) is 0 Å². The van der Waals surface area contributed by atoms with Crippen LogP contribution in [0.5, 0.6) is 0 Å². The normalized spacial score (nSPS) is 11.3. The lowest BCUT2D eigenvalue weighted by Gasteiger charge is -2.18. The summed E-state index contributed by atoms with van der Waals surface area (Å²) in [7, 11) is 0. The van der Waals surface area contributed by atoms with Gasteiger partial charge in [0.05, 0.1) is 28.1 Å². The van der Waals surface area contributed by atoms with Crippen LogP contribution < -0.4 is 0 Å². The number of rotatable bonds is 3. The highest BCUT2D eigenvalue weighted by Gasteiger charge is 2.21. The van der Waals surface area contributed by atoms with Crippen molar-refractivity contribution in [3.8, 4) is 33.8 Å². The maximum absolute atomic E-state index is 5.23. The molecule has 4 nitrogen and oxygen atoms in total. The monoisotopic (exact) mass is 460 g/mol. The largest absolute Gasteiger partial charge is 0.244 e. The molecule has 0 atom stereocenters. The molecule has 7 rings (SSSR count). The van der Waals surface area contributed by atoms with Crippen molar-refractivity contribution in [2.75, 3.05) is 0 Å². The molecule has 0 spiro atoms. The van der Waals surface area contributed by atoms with Crippen LogP contribution >= 0.6 is 0 Å². The van der Waals surface area contributed by atoms with E-state index in [1.165, 1.54) is 0 Å². The minimum absolute atomic E-state index is 0.851. The standard InChI is InChI=1S/C32H20N4/c1-2-11-21(12-3-1)31-32(35-27-18-9-8-17-26(27)34-31)30-24-15-6-4-13-22(24)29(28-19-10-20-33-36-28)23-14-5-7-16-25(23)30/h1-20H. The lowest BCUT2D eigenvalue weighted by atomic mass is 9.87. The number of hydrogen-bond donors (Lipinski definition) is 0. The quantitative estimate of drug-likeness (QED) is 0.253. The summed E-state index contributed by atoms with van der Waals surface area (Å²) in [4.78, 5) is 10.4. The van der Waals surface area contributed by atoms with Gasteiger partial charge in [0, 0.05) is 22.9 Å². The summed E-state index contributed by atoms with van der Waals surface area (Å²) in [5, 5.41) is 13.1. The zero-order valence-corrected chi connectivity index (χ0v) is 19.3. The number of nitrogens with zero attached hydrogens (tertiary/aromatic N) is 4. The molecule has 0 aliphatic heterocycles. The first kappa shape index (κ1) is 20.4. The topological polar surface area (TPSA) is 51.6 Å². The van der Waals surface area contributed by atoms with E-state index in [2.05, 4.69) is 70.9 Å². The van der Waals surface area contributed by atoms with Gasteiger partial charge in [-0.2, -0.15) is 10.2 Å². The van der Waals surface area contributed by atoms with Crippen molar-refractivity contribution in [2.45, 2.75) is 0 Å². The van der Waals surface area contributed by atoms with Gasteiger partial charge in [0.25, 0.3) is 0 Å². The van der Waals surface area contributed by atoms with Gasteiger partial charge in [0.15, 0.2) is 0 Å². The summed E-state index contributed by atoms with van der Waals surface area (Å²) < 4.78 is 0. The van der Waals surface area contributed by atoms with Crippen LogP contribution in [0.4, 0.5) is 0 Å². The van der Waals surface area contributed by atoms with E-state index in [0.29, 0.717) is 0 Å². The molecule has 0 bridgehead atoms. The van der Waals surface area contributed by atoms with Crippen molar-refractivity contribution in [3.05, 3.63) is 121 Å². The predicted molar refractivity (Wildman–Crippen MR) is 146 cm³/mol. The Balaban J connectivity index is 1.68. The molecule has 0 radical (unpaired) electrons. The van der Waals surface area contributed by atoms with Crippen molar-refractivity contribution in [1.29, 1.82) is 0 Å². The predicted octanol–water partition coefficient (Wildman–Crippen LogP) is 7.73. The van der Waals surface area contributed by atoms with E-state index in [4.69, 9.17) is 9.97 Å². The lowest BCUT2D eigenvalue weighted by molar-refractivity contribution is 1.04. The highest BCUT2D eigenvalue weighted by atomic mass is 15.1. The van der Waals surface area contributed by atoms with Crippen LogP contribution in [0.15, 0.2) is 121 Å². The Morgan fingerprint density at radius 2 is 0.944 bits per heavy atom. The number of aromatic nitrogens is 4. The van der Waals surface area contributed by atoms with Gasteiger partial charge in [0.1, 0.15) is 0 Å². The van der Waals surface area contributed by atoms with Gasteiger partial charge in [-0.3, -0.25) is 0 Å². The molecule has 0 aliphatic carbocycles.